The van der Waals surface area contributed by atoms with Crippen molar-refractivity contribution in [1.82, 2.24) is 19.6 Å². The smallest absolute Gasteiger partial charge is 0.220 e. The molecule has 0 fully saturated rings. The molecule has 1 aromatic carbocycles. The summed E-state index contributed by atoms with van der Waals surface area (Å²) in [5.41, 5.74) is 1.37. The van der Waals surface area contributed by atoms with Crippen LogP contribution in [0.3, 0.4) is 0 Å². The Kier molecular flexibility index (Phi) is 3.34. The molecule has 0 aliphatic rings. The molecule has 0 aliphatic heterocycles. The van der Waals surface area contributed by atoms with Crippen LogP contribution in [0.1, 0.15) is 11.4 Å². The van der Waals surface area contributed by atoms with Crippen molar-refractivity contribution < 1.29 is 8.78 Å². The second kappa shape index (κ2) is 5.51. The topological polar surface area (TPSA) is 43.1 Å². The van der Waals surface area contributed by atoms with Crippen LogP contribution >= 0.6 is 11.3 Å². The molecule has 0 amide bonds. The molecule has 0 unspecified atom stereocenters. The van der Waals surface area contributed by atoms with E-state index in [0.29, 0.717) is 17.2 Å². The summed E-state index contributed by atoms with van der Waals surface area (Å²) in [5.74, 6) is -0.295. The first-order chi connectivity index (χ1) is 11.2. The molecule has 0 radical (unpaired) electrons. The molecule has 0 saturated carbocycles. The Bertz CT molecular complexity index is 959. The number of thiophene rings is 1. The van der Waals surface area contributed by atoms with Gasteiger partial charge >= 0.3 is 0 Å². The minimum atomic E-state index is -0.610. The minimum Gasteiger partial charge on any atom is -0.220 e. The second-order valence-electron chi connectivity index (χ2n) is 5.00. The predicted molar refractivity (Wildman–Crippen MR) is 83.3 cm³/mol. The van der Waals surface area contributed by atoms with Gasteiger partial charge in [0, 0.05) is 18.7 Å². The van der Waals surface area contributed by atoms with Gasteiger partial charge in [-0.1, -0.05) is 6.07 Å². The van der Waals surface area contributed by atoms with E-state index in [2.05, 4.69) is 15.1 Å². The van der Waals surface area contributed by atoms with Crippen LogP contribution in [-0.4, -0.2) is 19.6 Å². The van der Waals surface area contributed by atoms with Crippen LogP contribution in [0.25, 0.3) is 16.3 Å². The molecule has 4 nitrogen and oxygen atoms in total. The predicted octanol–water partition coefficient (Wildman–Crippen LogP) is 3.72. The molecule has 3 aromatic heterocycles. The first-order valence-corrected chi connectivity index (χ1v) is 7.76. The van der Waals surface area contributed by atoms with Gasteiger partial charge in [0.05, 0.1) is 10.6 Å². The average molecular weight is 328 g/mol. The summed E-state index contributed by atoms with van der Waals surface area (Å²) >= 11 is 1.59. The monoisotopic (exact) mass is 328 g/mol. The fourth-order valence-electron chi connectivity index (χ4n) is 2.42. The Balaban J connectivity index is 1.76. The first kappa shape index (κ1) is 14.0. The van der Waals surface area contributed by atoms with E-state index in [0.717, 1.165) is 16.6 Å². The molecule has 23 heavy (non-hydrogen) atoms. The van der Waals surface area contributed by atoms with Crippen molar-refractivity contribution in [2.24, 2.45) is 0 Å². The number of rotatable bonds is 3. The van der Waals surface area contributed by atoms with E-state index >= 15 is 0 Å². The maximum atomic E-state index is 13.3. The fourth-order valence-corrected chi connectivity index (χ4v) is 3.15. The van der Waals surface area contributed by atoms with Crippen LogP contribution in [-0.2, 0) is 6.42 Å². The summed E-state index contributed by atoms with van der Waals surface area (Å²) in [6.07, 6.45) is 1.91. The Morgan fingerprint density at radius 2 is 1.91 bits per heavy atom. The van der Waals surface area contributed by atoms with Gasteiger partial charge in [-0.2, -0.15) is 9.50 Å². The highest BCUT2D eigenvalue weighted by Crippen LogP contribution is 2.24. The molecule has 0 N–H and O–H groups in total. The van der Waals surface area contributed by atoms with Gasteiger partial charge < -0.3 is 0 Å². The molecule has 0 saturated heterocycles. The highest BCUT2D eigenvalue weighted by Gasteiger charge is 2.12. The number of fused-ring (bicyclic) bond motifs is 1. The van der Waals surface area contributed by atoms with Crippen LogP contribution in [0.5, 0.6) is 0 Å². The van der Waals surface area contributed by atoms with Crippen LogP contribution in [0.2, 0.25) is 0 Å². The van der Waals surface area contributed by atoms with E-state index in [1.807, 2.05) is 23.6 Å². The maximum absolute atomic E-state index is 13.3. The van der Waals surface area contributed by atoms with Crippen molar-refractivity contribution in [3.05, 3.63) is 71.0 Å². The second-order valence-corrected chi connectivity index (χ2v) is 5.95. The largest absolute Gasteiger partial charge is 0.252 e. The standard InChI is InChI=1S/C16H10F2N4S/c17-11-6-10(7-12(18)9-11)8-15-20-16-19-4-3-13(22(16)21-15)14-2-1-5-23-14/h1-7,9H,8H2. The van der Waals surface area contributed by atoms with Gasteiger partial charge in [-0.3, -0.25) is 0 Å². The molecular formula is C16H10F2N4S. The third kappa shape index (κ3) is 2.70. The molecule has 0 atom stereocenters. The zero-order chi connectivity index (χ0) is 15.8. The highest BCUT2D eigenvalue weighted by molar-refractivity contribution is 7.13. The van der Waals surface area contributed by atoms with Crippen LogP contribution in [0.15, 0.2) is 48.0 Å². The molecule has 0 spiro atoms. The summed E-state index contributed by atoms with van der Waals surface area (Å²) in [4.78, 5) is 9.58. The van der Waals surface area contributed by atoms with E-state index < -0.39 is 11.6 Å². The third-order valence-corrected chi connectivity index (χ3v) is 4.24. The van der Waals surface area contributed by atoms with Gasteiger partial charge in [-0.05, 0) is 35.2 Å². The van der Waals surface area contributed by atoms with Crippen molar-refractivity contribution in [1.29, 1.82) is 0 Å². The van der Waals surface area contributed by atoms with Gasteiger partial charge in [0.25, 0.3) is 5.78 Å². The molecule has 4 aromatic rings. The summed E-state index contributed by atoms with van der Waals surface area (Å²) in [6, 6.07) is 9.21. The molecule has 0 bridgehead atoms. The number of halogens is 2. The number of aromatic nitrogens is 4. The Hall–Kier alpha value is -2.67. The summed E-state index contributed by atoms with van der Waals surface area (Å²) in [6.45, 7) is 0. The van der Waals surface area contributed by atoms with Crippen LogP contribution in [0.4, 0.5) is 8.78 Å². The molecule has 3 heterocycles. The maximum Gasteiger partial charge on any atom is 0.252 e. The van der Waals surface area contributed by atoms with Gasteiger partial charge in [0.15, 0.2) is 5.82 Å². The van der Waals surface area contributed by atoms with Gasteiger partial charge in [0.1, 0.15) is 11.6 Å². The van der Waals surface area contributed by atoms with E-state index in [1.165, 1.54) is 12.1 Å². The molecule has 7 heteroatoms. The quantitative estimate of drug-likeness (QED) is 0.576. The van der Waals surface area contributed by atoms with Crippen molar-refractivity contribution in [2.75, 3.05) is 0 Å². The van der Waals surface area contributed by atoms with Crippen LogP contribution < -0.4 is 0 Å². The van der Waals surface area contributed by atoms with Crippen molar-refractivity contribution >= 4 is 17.1 Å². The average Bonchev–Trinajstić information content (AvgIpc) is 3.14. The normalized spacial score (nSPS) is 11.2. The van der Waals surface area contributed by atoms with Crippen LogP contribution in [0, 0.1) is 11.6 Å². The zero-order valence-corrected chi connectivity index (χ0v) is 12.6. The third-order valence-electron chi connectivity index (χ3n) is 3.34. The Morgan fingerprint density at radius 3 is 2.65 bits per heavy atom. The van der Waals surface area contributed by atoms with Crippen molar-refractivity contribution in [3.8, 4) is 10.6 Å². The number of hydrogen-bond donors (Lipinski definition) is 0. The fraction of sp³-hybridized carbons (Fsp3) is 0.0625. The lowest BCUT2D eigenvalue weighted by Crippen LogP contribution is -1.96. The number of nitrogens with zero attached hydrogens (tertiary/aromatic N) is 4. The minimum absolute atomic E-state index is 0.238. The van der Waals surface area contributed by atoms with E-state index in [4.69, 9.17) is 0 Å². The van der Waals surface area contributed by atoms with Crippen molar-refractivity contribution in [3.63, 3.8) is 0 Å². The molecule has 0 aliphatic carbocycles. The SMILES string of the molecule is Fc1cc(F)cc(Cc2nc3nccc(-c4cccs4)n3n2)c1. The lowest BCUT2D eigenvalue weighted by Gasteiger charge is -1.99. The number of benzene rings is 1. The van der Waals surface area contributed by atoms with Gasteiger partial charge in [-0.25, -0.2) is 13.8 Å². The summed E-state index contributed by atoms with van der Waals surface area (Å²) in [7, 11) is 0. The van der Waals surface area contributed by atoms with Crippen molar-refractivity contribution in [2.45, 2.75) is 6.42 Å². The van der Waals surface area contributed by atoms with Gasteiger partial charge in [0.2, 0.25) is 0 Å². The number of hydrogen-bond acceptors (Lipinski definition) is 4. The molecule has 4 rings (SSSR count). The molecule has 114 valence electrons. The zero-order valence-electron chi connectivity index (χ0n) is 11.8. The van der Waals surface area contributed by atoms with Gasteiger partial charge in [-0.15, -0.1) is 16.4 Å². The molecular weight excluding hydrogens is 318 g/mol. The highest BCUT2D eigenvalue weighted by atomic mass is 32.1. The Morgan fingerprint density at radius 1 is 1.09 bits per heavy atom. The Labute approximate surface area is 134 Å². The van der Waals surface area contributed by atoms with E-state index in [-0.39, 0.29) is 6.42 Å². The van der Waals surface area contributed by atoms with E-state index in [1.54, 1.807) is 22.0 Å². The summed E-state index contributed by atoms with van der Waals surface area (Å²) in [5, 5.41) is 6.41. The lowest BCUT2D eigenvalue weighted by atomic mass is 10.1. The lowest BCUT2D eigenvalue weighted by molar-refractivity contribution is 0.580. The first-order valence-electron chi connectivity index (χ1n) is 6.88. The summed E-state index contributed by atoms with van der Waals surface area (Å²) < 4.78 is 28.2. The van der Waals surface area contributed by atoms with E-state index in [9.17, 15) is 8.78 Å².